The van der Waals surface area contributed by atoms with Crippen LogP contribution in [0.3, 0.4) is 0 Å². The first-order chi connectivity index (χ1) is 14.5. The fourth-order valence-corrected chi connectivity index (χ4v) is 3.98. The van der Waals surface area contributed by atoms with E-state index in [0.29, 0.717) is 18.0 Å². The van der Waals surface area contributed by atoms with E-state index in [2.05, 4.69) is 60.2 Å². The van der Waals surface area contributed by atoms with Crippen LogP contribution in [0.5, 0.6) is 0 Å². The predicted octanol–water partition coefficient (Wildman–Crippen LogP) is 3.02. The Morgan fingerprint density at radius 1 is 1.10 bits per heavy atom. The highest BCUT2D eigenvalue weighted by Crippen LogP contribution is 2.25. The van der Waals surface area contributed by atoms with Crippen molar-refractivity contribution in [1.82, 2.24) is 29.5 Å². The second-order valence-corrected chi connectivity index (χ2v) is 10.1. The van der Waals surface area contributed by atoms with Gasteiger partial charge in [0.1, 0.15) is 0 Å². The van der Waals surface area contributed by atoms with E-state index in [1.807, 2.05) is 30.1 Å². The first-order valence-electron chi connectivity index (χ1n) is 11.0. The van der Waals surface area contributed by atoms with E-state index in [-0.39, 0.29) is 17.4 Å². The van der Waals surface area contributed by atoms with E-state index >= 15 is 0 Å². The van der Waals surface area contributed by atoms with Gasteiger partial charge in [0.2, 0.25) is 5.91 Å². The molecule has 0 spiro atoms. The van der Waals surface area contributed by atoms with Crippen LogP contribution in [-0.2, 0) is 23.9 Å². The van der Waals surface area contributed by atoms with Gasteiger partial charge in [0.05, 0.1) is 13.2 Å². The lowest BCUT2D eigenvalue weighted by molar-refractivity contribution is -0.123. The minimum atomic E-state index is 0.0949. The van der Waals surface area contributed by atoms with Crippen LogP contribution in [-0.4, -0.2) is 68.8 Å². The van der Waals surface area contributed by atoms with Crippen molar-refractivity contribution in [2.75, 3.05) is 32.7 Å². The molecule has 2 aromatic rings. The number of aromatic nitrogens is 3. The van der Waals surface area contributed by atoms with Crippen molar-refractivity contribution >= 4 is 18.1 Å². The largest absolute Gasteiger partial charge is 0.353 e. The van der Waals surface area contributed by atoms with E-state index < -0.39 is 0 Å². The maximum Gasteiger partial charge on any atom is 0.234 e. The van der Waals surface area contributed by atoms with E-state index in [9.17, 15) is 4.79 Å². The second-order valence-electron chi connectivity index (χ2n) is 9.75. The van der Waals surface area contributed by atoms with Crippen LogP contribution in [0.25, 0.3) is 11.4 Å². The standard InChI is InChI=1S/C23H36N6OS/c1-17(2)24-20(30)15-27-11-13-28(14-12-27)16-29-22(31)26(6)21(25-29)18-7-9-19(10-8-18)23(3,4)5/h7-10,17H,11-16H2,1-6H3,(H,24,30). The fourth-order valence-electron chi connectivity index (χ4n) is 3.80. The zero-order valence-corrected chi connectivity index (χ0v) is 20.5. The third-order valence-corrected chi connectivity index (χ3v) is 6.15. The molecule has 1 amide bonds. The molecule has 3 rings (SSSR count). The molecule has 1 fully saturated rings. The first-order valence-corrected chi connectivity index (χ1v) is 11.4. The van der Waals surface area contributed by atoms with Crippen LogP contribution in [0.2, 0.25) is 0 Å². The smallest absolute Gasteiger partial charge is 0.234 e. The summed E-state index contributed by atoms with van der Waals surface area (Å²) in [6.07, 6.45) is 0. The molecule has 31 heavy (non-hydrogen) atoms. The number of piperazine rings is 1. The SMILES string of the molecule is CC(C)NC(=O)CN1CCN(Cn2nc(-c3ccc(C(C)(C)C)cc3)n(C)c2=S)CC1. The minimum Gasteiger partial charge on any atom is -0.353 e. The third-order valence-electron chi connectivity index (χ3n) is 5.67. The molecule has 170 valence electrons. The topological polar surface area (TPSA) is 58.3 Å². The molecule has 8 heteroatoms. The maximum absolute atomic E-state index is 12.0. The monoisotopic (exact) mass is 444 g/mol. The first kappa shape index (κ1) is 23.6. The Kier molecular flexibility index (Phi) is 7.34. The highest BCUT2D eigenvalue weighted by atomic mass is 32.1. The number of amides is 1. The average Bonchev–Trinajstić information content (AvgIpc) is 2.97. The number of carbonyl (C=O) groups excluding carboxylic acids is 1. The molecule has 1 aromatic heterocycles. The van der Waals surface area contributed by atoms with Crippen LogP contribution in [0, 0.1) is 4.77 Å². The molecule has 2 heterocycles. The Morgan fingerprint density at radius 3 is 2.23 bits per heavy atom. The molecule has 0 bridgehead atoms. The summed E-state index contributed by atoms with van der Waals surface area (Å²) in [7, 11) is 1.98. The molecular formula is C23H36N6OS. The van der Waals surface area contributed by atoms with Gasteiger partial charge in [0.15, 0.2) is 10.6 Å². The average molecular weight is 445 g/mol. The van der Waals surface area contributed by atoms with Gasteiger partial charge in [0, 0.05) is 44.8 Å². The van der Waals surface area contributed by atoms with E-state index in [1.54, 1.807) is 0 Å². The summed E-state index contributed by atoms with van der Waals surface area (Å²) in [5.74, 6) is 0.979. The van der Waals surface area contributed by atoms with Crippen molar-refractivity contribution in [2.45, 2.75) is 52.7 Å². The molecule has 7 nitrogen and oxygen atoms in total. The Balaban J connectivity index is 1.63. The summed E-state index contributed by atoms with van der Waals surface area (Å²) in [5, 5.41) is 7.78. The zero-order valence-electron chi connectivity index (χ0n) is 19.7. The van der Waals surface area contributed by atoms with Crippen molar-refractivity contribution in [3.63, 3.8) is 0 Å². The van der Waals surface area contributed by atoms with Crippen molar-refractivity contribution in [2.24, 2.45) is 7.05 Å². The maximum atomic E-state index is 12.0. The lowest BCUT2D eigenvalue weighted by Gasteiger charge is -2.34. The molecule has 1 saturated heterocycles. The van der Waals surface area contributed by atoms with Crippen molar-refractivity contribution < 1.29 is 4.79 Å². The van der Waals surface area contributed by atoms with Gasteiger partial charge in [0.25, 0.3) is 0 Å². The summed E-state index contributed by atoms with van der Waals surface area (Å²) < 4.78 is 4.60. The molecular weight excluding hydrogens is 408 g/mol. The summed E-state index contributed by atoms with van der Waals surface area (Å²) in [4.78, 5) is 16.5. The van der Waals surface area contributed by atoms with Gasteiger partial charge in [-0.25, -0.2) is 4.68 Å². The van der Waals surface area contributed by atoms with Crippen LogP contribution in [0.15, 0.2) is 24.3 Å². The zero-order chi connectivity index (χ0) is 22.8. The number of nitrogens with one attached hydrogen (secondary N) is 1. The molecule has 0 saturated carbocycles. The van der Waals surface area contributed by atoms with Crippen LogP contribution in [0.4, 0.5) is 0 Å². The Bertz CT molecular complexity index is 946. The lowest BCUT2D eigenvalue weighted by Crippen LogP contribution is -2.50. The Morgan fingerprint density at radius 2 is 1.68 bits per heavy atom. The van der Waals surface area contributed by atoms with E-state index in [0.717, 1.165) is 37.6 Å². The number of rotatable bonds is 6. The Hall–Kier alpha value is -2.03. The van der Waals surface area contributed by atoms with Crippen molar-refractivity contribution in [3.05, 3.63) is 34.6 Å². The summed E-state index contributed by atoms with van der Waals surface area (Å²) in [5.41, 5.74) is 2.50. The van der Waals surface area contributed by atoms with Crippen LogP contribution < -0.4 is 5.32 Å². The fraction of sp³-hybridized carbons (Fsp3) is 0.609. The van der Waals surface area contributed by atoms with Gasteiger partial charge < -0.3 is 9.88 Å². The van der Waals surface area contributed by atoms with Gasteiger partial charge in [-0.15, -0.1) is 0 Å². The summed E-state index contributed by atoms with van der Waals surface area (Å²) >= 11 is 5.66. The minimum absolute atomic E-state index is 0.0949. The van der Waals surface area contributed by atoms with Gasteiger partial charge in [-0.2, -0.15) is 5.10 Å². The number of carbonyl (C=O) groups is 1. The quantitative estimate of drug-likeness (QED) is 0.694. The molecule has 0 unspecified atom stereocenters. The highest BCUT2D eigenvalue weighted by molar-refractivity contribution is 7.71. The molecule has 1 N–H and O–H groups in total. The molecule has 0 radical (unpaired) electrons. The summed E-state index contributed by atoms with van der Waals surface area (Å²) in [6.45, 7) is 15.3. The third kappa shape index (κ3) is 6.02. The van der Waals surface area contributed by atoms with E-state index in [1.165, 1.54) is 5.56 Å². The van der Waals surface area contributed by atoms with E-state index in [4.69, 9.17) is 17.3 Å². The molecule has 1 aliphatic heterocycles. The molecule has 1 aromatic carbocycles. The molecule has 1 aliphatic rings. The van der Waals surface area contributed by atoms with Gasteiger partial charge in [-0.1, -0.05) is 45.0 Å². The van der Waals surface area contributed by atoms with Gasteiger partial charge in [-0.05, 0) is 37.0 Å². The Labute approximate surface area is 191 Å². The number of nitrogens with zero attached hydrogens (tertiary/aromatic N) is 5. The summed E-state index contributed by atoms with van der Waals surface area (Å²) in [6, 6.07) is 8.78. The normalized spacial score (nSPS) is 16.1. The van der Waals surface area contributed by atoms with Crippen LogP contribution >= 0.6 is 12.2 Å². The predicted molar refractivity (Wildman–Crippen MR) is 127 cm³/mol. The highest BCUT2D eigenvalue weighted by Gasteiger charge is 2.21. The van der Waals surface area contributed by atoms with Gasteiger partial charge in [-0.3, -0.25) is 14.6 Å². The molecule has 0 atom stereocenters. The van der Waals surface area contributed by atoms with Crippen LogP contribution in [0.1, 0.15) is 40.2 Å². The molecule has 0 aliphatic carbocycles. The second kappa shape index (κ2) is 9.63. The number of hydrogen-bond acceptors (Lipinski definition) is 5. The number of hydrogen-bond donors (Lipinski definition) is 1. The van der Waals surface area contributed by atoms with Crippen molar-refractivity contribution in [1.29, 1.82) is 0 Å². The van der Waals surface area contributed by atoms with Gasteiger partial charge >= 0.3 is 0 Å². The van der Waals surface area contributed by atoms with Crippen molar-refractivity contribution in [3.8, 4) is 11.4 Å². The number of benzene rings is 1. The lowest BCUT2D eigenvalue weighted by atomic mass is 9.87.